The SMILES string of the molecule is Cc1nc(C)c(C)c(-c2ccc(-c3ccc(-c4ccc(-c5ccc(C#N)cc5)cc4)c4ccccc34)cc2)n1.Cc1nc(C)c(C)c(-c2ccc(B3OC(C)(C)C(C)(C)O3)cc2)n1.N#Cc1ccc(-c2ccc(-c3ccc(Br)c4ccccc34)cc2)cc1. The molecule has 3 heterocycles. The van der Waals surface area contributed by atoms with Crippen molar-refractivity contribution in [3.8, 4) is 90.3 Å². The third-order valence-corrected chi connectivity index (χ3v) is 17.8. The summed E-state index contributed by atoms with van der Waals surface area (Å²) in [7, 11) is -0.334. The fourth-order valence-electron chi connectivity index (χ4n) is 11.2. The number of rotatable bonds is 8. The van der Waals surface area contributed by atoms with Crippen molar-refractivity contribution in [1.82, 2.24) is 19.9 Å². The molecule has 12 aromatic rings. The summed E-state index contributed by atoms with van der Waals surface area (Å²) >= 11 is 3.63. The van der Waals surface area contributed by atoms with Gasteiger partial charge in [0.1, 0.15) is 11.6 Å². The molecule has 1 fully saturated rings. The van der Waals surface area contributed by atoms with Gasteiger partial charge in [0.2, 0.25) is 0 Å². The molecule has 0 bridgehead atoms. The second kappa shape index (κ2) is 25.3. The fourth-order valence-corrected chi connectivity index (χ4v) is 11.6. The van der Waals surface area contributed by atoms with E-state index in [9.17, 15) is 0 Å². The van der Waals surface area contributed by atoms with Gasteiger partial charge in [0.15, 0.2) is 0 Å². The third-order valence-electron chi connectivity index (χ3n) is 17.1. The van der Waals surface area contributed by atoms with Gasteiger partial charge < -0.3 is 9.31 Å². The molecule has 0 unspecified atom stereocenters. The van der Waals surface area contributed by atoms with E-state index < -0.39 is 0 Å². The number of aryl methyl sites for hydroxylation is 4. The number of hydrogen-bond donors (Lipinski definition) is 0. The van der Waals surface area contributed by atoms with Crippen LogP contribution in [0.3, 0.4) is 0 Å². The Labute approximate surface area is 525 Å². The summed E-state index contributed by atoms with van der Waals surface area (Å²) < 4.78 is 13.3. The van der Waals surface area contributed by atoms with Gasteiger partial charge in [0.05, 0.1) is 45.9 Å². The summed E-state index contributed by atoms with van der Waals surface area (Å²) in [6.07, 6.45) is 0. The second-order valence-electron chi connectivity index (χ2n) is 23.3. The number of fused-ring (bicyclic) bond motifs is 2. The first-order valence-electron chi connectivity index (χ1n) is 29.5. The van der Waals surface area contributed by atoms with Crippen LogP contribution in [0.1, 0.15) is 73.0 Å². The van der Waals surface area contributed by atoms with E-state index in [1.54, 1.807) is 0 Å². The monoisotopic (exact) mass is 1210 g/mol. The molecule has 2 aromatic heterocycles. The molecule has 0 saturated carbocycles. The van der Waals surface area contributed by atoms with Gasteiger partial charge in [-0.15, -0.1) is 0 Å². The molecule has 13 rings (SSSR count). The van der Waals surface area contributed by atoms with Gasteiger partial charge in [0.25, 0.3) is 0 Å². The summed E-state index contributed by atoms with van der Waals surface area (Å²) in [5.41, 5.74) is 21.9. The van der Waals surface area contributed by atoms with Crippen molar-refractivity contribution in [1.29, 1.82) is 10.5 Å². The largest absolute Gasteiger partial charge is 0.494 e. The number of benzene rings is 10. The van der Waals surface area contributed by atoms with Gasteiger partial charge in [-0.05, 0) is 193 Å². The molecule has 0 aliphatic carbocycles. The van der Waals surface area contributed by atoms with Crippen molar-refractivity contribution < 1.29 is 9.31 Å². The summed E-state index contributed by atoms with van der Waals surface area (Å²) in [5.74, 6) is 1.59. The van der Waals surface area contributed by atoms with Gasteiger partial charge in [-0.3, -0.25) is 0 Å². The maximum Gasteiger partial charge on any atom is 0.494 e. The molecule has 1 aliphatic rings. The Morgan fingerprint density at radius 1 is 0.352 bits per heavy atom. The number of hydrogen-bond acceptors (Lipinski definition) is 8. The van der Waals surface area contributed by atoms with Crippen LogP contribution in [-0.4, -0.2) is 38.3 Å². The third kappa shape index (κ3) is 12.6. The minimum atomic E-state index is -0.334. The van der Waals surface area contributed by atoms with Gasteiger partial charge >= 0.3 is 7.12 Å². The molecular formula is C78H66BBrN6O2. The van der Waals surface area contributed by atoms with E-state index in [1.165, 1.54) is 54.9 Å². The van der Waals surface area contributed by atoms with Crippen LogP contribution in [0.5, 0.6) is 0 Å². The summed E-state index contributed by atoms with van der Waals surface area (Å²) in [4.78, 5) is 18.2. The summed E-state index contributed by atoms with van der Waals surface area (Å²) in [6, 6.07) is 79.7. The first kappa shape index (κ1) is 60.0. The number of nitrogens with zero attached hydrogens (tertiary/aromatic N) is 6. The van der Waals surface area contributed by atoms with Crippen LogP contribution in [0, 0.1) is 64.2 Å². The maximum absolute atomic E-state index is 9.07. The lowest BCUT2D eigenvalue weighted by atomic mass is 9.78. The van der Waals surface area contributed by atoms with Crippen LogP contribution in [0.15, 0.2) is 223 Å². The lowest BCUT2D eigenvalue weighted by Crippen LogP contribution is -2.41. The minimum Gasteiger partial charge on any atom is -0.399 e. The molecule has 0 N–H and O–H groups in total. The number of aromatic nitrogens is 4. The molecule has 88 heavy (non-hydrogen) atoms. The zero-order valence-electron chi connectivity index (χ0n) is 51.2. The molecule has 0 amide bonds. The lowest BCUT2D eigenvalue weighted by Gasteiger charge is -2.32. The Morgan fingerprint density at radius 2 is 0.648 bits per heavy atom. The number of halogens is 1. The number of nitriles is 2. The highest BCUT2D eigenvalue weighted by molar-refractivity contribution is 9.10. The van der Waals surface area contributed by atoms with E-state index >= 15 is 0 Å². The molecule has 10 aromatic carbocycles. The summed E-state index contributed by atoms with van der Waals surface area (Å²) in [5, 5.41) is 22.9. The average molecular weight is 1210 g/mol. The van der Waals surface area contributed by atoms with E-state index in [4.69, 9.17) is 24.8 Å². The van der Waals surface area contributed by atoms with Crippen molar-refractivity contribution >= 4 is 50.1 Å². The molecule has 430 valence electrons. The highest BCUT2D eigenvalue weighted by Gasteiger charge is 2.51. The van der Waals surface area contributed by atoms with Crippen LogP contribution >= 0.6 is 15.9 Å². The fraction of sp³-hybridized carbons (Fsp3) is 0.154. The van der Waals surface area contributed by atoms with Crippen molar-refractivity contribution in [2.75, 3.05) is 0 Å². The Hall–Kier alpha value is -9.68. The molecule has 0 radical (unpaired) electrons. The molecule has 1 aliphatic heterocycles. The first-order chi connectivity index (χ1) is 42.4. The highest BCUT2D eigenvalue weighted by Crippen LogP contribution is 2.40. The molecular weight excluding hydrogens is 1140 g/mol. The van der Waals surface area contributed by atoms with Crippen molar-refractivity contribution in [3.63, 3.8) is 0 Å². The molecule has 10 heteroatoms. The highest BCUT2D eigenvalue weighted by atomic mass is 79.9. The Kier molecular flexibility index (Phi) is 17.3. The molecule has 8 nitrogen and oxygen atoms in total. The Morgan fingerprint density at radius 3 is 1.01 bits per heavy atom. The molecule has 0 atom stereocenters. The second-order valence-corrected chi connectivity index (χ2v) is 24.2. The maximum atomic E-state index is 9.07. The normalized spacial score (nSPS) is 13.0. The predicted octanol–water partition coefficient (Wildman–Crippen LogP) is 19.3. The topological polar surface area (TPSA) is 118 Å². The first-order valence-corrected chi connectivity index (χ1v) is 30.3. The zero-order valence-corrected chi connectivity index (χ0v) is 52.8. The predicted molar refractivity (Wildman–Crippen MR) is 365 cm³/mol. The molecule has 0 spiro atoms. The molecule has 1 saturated heterocycles. The van der Waals surface area contributed by atoms with Crippen LogP contribution in [-0.2, 0) is 9.31 Å². The van der Waals surface area contributed by atoms with E-state index in [1.807, 2.05) is 76.2 Å². The van der Waals surface area contributed by atoms with E-state index in [2.05, 4.69) is 254 Å². The van der Waals surface area contributed by atoms with Gasteiger partial charge in [-0.1, -0.05) is 204 Å². The van der Waals surface area contributed by atoms with Crippen molar-refractivity contribution in [2.45, 2.75) is 80.4 Å². The van der Waals surface area contributed by atoms with Crippen LogP contribution in [0.25, 0.3) is 99.7 Å². The van der Waals surface area contributed by atoms with Crippen LogP contribution < -0.4 is 5.46 Å². The van der Waals surface area contributed by atoms with Crippen molar-refractivity contribution in [2.24, 2.45) is 0 Å². The van der Waals surface area contributed by atoms with Crippen molar-refractivity contribution in [3.05, 3.63) is 268 Å². The Balaban J connectivity index is 0.000000143. The van der Waals surface area contributed by atoms with E-state index in [0.29, 0.717) is 11.1 Å². The van der Waals surface area contributed by atoms with E-state index in [0.717, 1.165) is 88.9 Å². The van der Waals surface area contributed by atoms with Crippen LogP contribution in [0.2, 0.25) is 0 Å². The standard InChI is InChI=1S/C36H27N3.C23H14BrN.C19H25BN2O2/c1-23-24(2)38-25(3)39-36(23)31-18-16-30(17-19-31)33-21-20-32(34-6-4-5-7-35(33)34)29-14-12-28(13-15-29)27-10-8-26(22-37)9-11-27;24-23-14-13-20(21-3-1-2-4-22(21)23)19-11-9-18(10-12-19)17-7-5-16(15-25)6-8-17;1-12-13(2)21-14(3)22-17(12)15-8-10-16(11-9-15)20-23-18(4,5)19(6,7)24-20/h4-21H,1-3H3;1-14H;8-11H,1-7H3. The van der Waals surface area contributed by atoms with Gasteiger partial charge in [-0.2, -0.15) is 10.5 Å². The quantitative estimate of drug-likeness (QED) is 0.138. The lowest BCUT2D eigenvalue weighted by molar-refractivity contribution is 0.00578. The Bertz CT molecular complexity index is 4610. The van der Waals surface area contributed by atoms with Crippen LogP contribution in [0.4, 0.5) is 0 Å². The van der Waals surface area contributed by atoms with Gasteiger partial charge in [0, 0.05) is 27.0 Å². The minimum absolute atomic E-state index is 0.326. The van der Waals surface area contributed by atoms with Gasteiger partial charge in [-0.25, -0.2) is 19.9 Å². The smallest absolute Gasteiger partial charge is 0.399 e. The zero-order chi connectivity index (χ0) is 61.9. The van der Waals surface area contributed by atoms with E-state index in [-0.39, 0.29) is 18.3 Å². The average Bonchev–Trinajstić information content (AvgIpc) is 2.21. The summed E-state index contributed by atoms with van der Waals surface area (Å²) in [6.45, 7) is 20.3.